The number of hydrogen-bond acceptors (Lipinski definition) is 2. The Morgan fingerprint density at radius 1 is 1.00 bits per heavy atom. The van der Waals surface area contributed by atoms with Crippen LogP contribution in [0.3, 0.4) is 0 Å². The summed E-state index contributed by atoms with van der Waals surface area (Å²) < 4.78 is 12.7. The highest BCUT2D eigenvalue weighted by Gasteiger charge is 2.05. The van der Waals surface area contributed by atoms with Crippen LogP contribution in [0.5, 0.6) is 0 Å². The molecule has 2 nitrogen and oxygen atoms in total. The second kappa shape index (κ2) is 6.26. The zero-order valence-electron chi connectivity index (χ0n) is 9.63. The predicted octanol–water partition coefficient (Wildman–Crippen LogP) is 4.72. The Bertz CT molecular complexity index is 511. The molecule has 0 saturated carbocycles. The van der Waals surface area contributed by atoms with Gasteiger partial charge in [0.15, 0.2) is 5.50 Å². The molecule has 92 valence electrons. The van der Waals surface area contributed by atoms with Crippen molar-refractivity contribution in [3.63, 3.8) is 0 Å². The third kappa shape index (κ3) is 3.64. The van der Waals surface area contributed by atoms with E-state index in [4.69, 9.17) is 11.6 Å². The van der Waals surface area contributed by atoms with E-state index in [1.54, 1.807) is 12.1 Å². The molecule has 4 heteroatoms. The number of rotatable bonds is 4. The van der Waals surface area contributed by atoms with Crippen LogP contribution in [0.2, 0.25) is 0 Å². The van der Waals surface area contributed by atoms with Crippen molar-refractivity contribution < 1.29 is 4.39 Å². The molecular weight excluding hydrogens is 251 g/mol. The number of nitrogens with zero attached hydrogens (tertiary/aromatic N) is 2. The molecule has 0 N–H and O–H groups in total. The van der Waals surface area contributed by atoms with E-state index < -0.39 is 5.50 Å². The number of benzene rings is 2. The minimum Gasteiger partial charge on any atom is -0.207 e. The lowest BCUT2D eigenvalue weighted by atomic mass is 10.2. The van der Waals surface area contributed by atoms with Gasteiger partial charge < -0.3 is 0 Å². The lowest BCUT2D eigenvalue weighted by Gasteiger charge is -2.02. The molecule has 0 amide bonds. The van der Waals surface area contributed by atoms with Gasteiger partial charge in [-0.15, -0.1) is 0 Å². The molecule has 0 aliphatic rings. The van der Waals surface area contributed by atoms with E-state index >= 15 is 0 Å². The first-order chi connectivity index (χ1) is 8.75. The molecule has 1 unspecified atom stereocenters. The maximum Gasteiger partial charge on any atom is 0.169 e. The quantitative estimate of drug-likeness (QED) is 0.433. The van der Waals surface area contributed by atoms with Gasteiger partial charge in [-0.3, -0.25) is 0 Å². The Morgan fingerprint density at radius 2 is 1.67 bits per heavy atom. The van der Waals surface area contributed by atoms with Crippen LogP contribution in [0.25, 0.3) is 0 Å². The van der Waals surface area contributed by atoms with Crippen molar-refractivity contribution in [3.8, 4) is 0 Å². The summed E-state index contributed by atoms with van der Waals surface area (Å²) in [5.41, 5.74) is 1.23. The average Bonchev–Trinajstić information content (AvgIpc) is 2.40. The fourth-order valence-electron chi connectivity index (χ4n) is 1.47. The average molecular weight is 263 g/mol. The van der Waals surface area contributed by atoms with E-state index in [0.29, 0.717) is 6.54 Å². The topological polar surface area (TPSA) is 24.7 Å². The van der Waals surface area contributed by atoms with Gasteiger partial charge >= 0.3 is 0 Å². The lowest BCUT2D eigenvalue weighted by Crippen LogP contribution is -1.86. The molecule has 0 aliphatic carbocycles. The summed E-state index contributed by atoms with van der Waals surface area (Å²) in [6.45, 7) is 0.491. The zero-order valence-corrected chi connectivity index (χ0v) is 10.4. The molecule has 2 rings (SSSR count). The Labute approximate surface area is 110 Å². The van der Waals surface area contributed by atoms with Crippen LogP contribution < -0.4 is 0 Å². The number of hydrogen-bond donors (Lipinski definition) is 0. The van der Waals surface area contributed by atoms with Crippen LogP contribution in [-0.4, -0.2) is 0 Å². The molecule has 0 radical (unpaired) electrons. The van der Waals surface area contributed by atoms with E-state index in [1.165, 1.54) is 12.1 Å². The van der Waals surface area contributed by atoms with Crippen LogP contribution in [0.4, 0.5) is 4.39 Å². The molecule has 0 fully saturated rings. The summed E-state index contributed by atoms with van der Waals surface area (Å²) in [4.78, 5) is 0. The smallest absolute Gasteiger partial charge is 0.169 e. The van der Waals surface area contributed by atoms with Crippen LogP contribution in [-0.2, 0) is 6.54 Å². The van der Waals surface area contributed by atoms with Crippen molar-refractivity contribution in [2.24, 2.45) is 10.2 Å². The minimum atomic E-state index is -0.575. The van der Waals surface area contributed by atoms with Gasteiger partial charge in [-0.05, 0) is 23.3 Å². The molecule has 0 saturated heterocycles. The SMILES string of the molecule is Fc1ccc(C(Cl)N=NCc2ccccc2)cc1. The molecule has 2 aromatic rings. The summed E-state index contributed by atoms with van der Waals surface area (Å²) in [7, 11) is 0. The fraction of sp³-hybridized carbons (Fsp3) is 0.143. The third-order valence-corrected chi connectivity index (χ3v) is 2.76. The van der Waals surface area contributed by atoms with E-state index in [0.717, 1.165) is 11.1 Å². The molecule has 0 heterocycles. The number of halogens is 2. The van der Waals surface area contributed by atoms with Gasteiger partial charge in [0.1, 0.15) is 5.82 Å². The van der Waals surface area contributed by atoms with Gasteiger partial charge in [-0.25, -0.2) is 4.39 Å². The van der Waals surface area contributed by atoms with Crippen molar-refractivity contribution in [3.05, 3.63) is 71.5 Å². The Hall–Kier alpha value is -1.74. The Balaban J connectivity index is 1.95. The highest BCUT2D eigenvalue weighted by molar-refractivity contribution is 6.20. The molecule has 1 atom stereocenters. The molecule has 0 aliphatic heterocycles. The van der Waals surface area contributed by atoms with Gasteiger partial charge in [0.05, 0.1) is 6.54 Å². The number of alkyl halides is 1. The van der Waals surface area contributed by atoms with Crippen molar-refractivity contribution in [1.29, 1.82) is 0 Å². The largest absolute Gasteiger partial charge is 0.207 e. The van der Waals surface area contributed by atoms with Crippen molar-refractivity contribution in [2.75, 3.05) is 0 Å². The molecule has 2 aromatic carbocycles. The summed E-state index contributed by atoms with van der Waals surface area (Å²) in [5.74, 6) is -0.288. The molecule has 0 spiro atoms. The Morgan fingerprint density at radius 3 is 2.33 bits per heavy atom. The van der Waals surface area contributed by atoms with Gasteiger partial charge in [0.25, 0.3) is 0 Å². The third-order valence-electron chi connectivity index (χ3n) is 2.42. The standard InChI is InChI=1S/C14H12ClFN2/c15-14(12-6-8-13(16)9-7-12)18-17-10-11-4-2-1-3-5-11/h1-9,14H,10H2. The molecule has 0 bridgehead atoms. The molecule has 18 heavy (non-hydrogen) atoms. The van der Waals surface area contributed by atoms with Gasteiger partial charge in [-0.1, -0.05) is 54.1 Å². The van der Waals surface area contributed by atoms with Crippen molar-refractivity contribution in [2.45, 2.75) is 12.0 Å². The first kappa shape index (κ1) is 12.7. The van der Waals surface area contributed by atoms with Crippen molar-refractivity contribution >= 4 is 11.6 Å². The lowest BCUT2D eigenvalue weighted by molar-refractivity contribution is 0.626. The summed E-state index contributed by atoms with van der Waals surface area (Å²) in [6.07, 6.45) is 0. The summed E-state index contributed by atoms with van der Waals surface area (Å²) in [6, 6.07) is 15.7. The van der Waals surface area contributed by atoms with Gasteiger partial charge in [-0.2, -0.15) is 10.2 Å². The second-order valence-corrected chi connectivity index (χ2v) is 4.20. The minimum absolute atomic E-state index is 0.288. The first-order valence-electron chi connectivity index (χ1n) is 5.56. The maximum absolute atomic E-state index is 12.7. The van der Waals surface area contributed by atoms with E-state index in [1.807, 2.05) is 30.3 Å². The first-order valence-corrected chi connectivity index (χ1v) is 5.99. The second-order valence-electron chi connectivity index (χ2n) is 3.79. The van der Waals surface area contributed by atoms with Crippen LogP contribution in [0.1, 0.15) is 16.6 Å². The summed E-state index contributed by atoms with van der Waals surface area (Å²) in [5, 5.41) is 8.03. The fourth-order valence-corrected chi connectivity index (χ4v) is 1.67. The highest BCUT2D eigenvalue weighted by Crippen LogP contribution is 2.22. The van der Waals surface area contributed by atoms with Crippen LogP contribution >= 0.6 is 11.6 Å². The van der Waals surface area contributed by atoms with Crippen molar-refractivity contribution in [1.82, 2.24) is 0 Å². The predicted molar refractivity (Wildman–Crippen MR) is 70.0 cm³/mol. The van der Waals surface area contributed by atoms with Gasteiger partial charge in [0.2, 0.25) is 0 Å². The van der Waals surface area contributed by atoms with Gasteiger partial charge in [0, 0.05) is 0 Å². The normalized spacial score (nSPS) is 12.8. The Kier molecular flexibility index (Phi) is 4.42. The summed E-state index contributed by atoms with van der Waals surface area (Å²) >= 11 is 6.04. The monoisotopic (exact) mass is 262 g/mol. The van der Waals surface area contributed by atoms with Crippen LogP contribution in [0.15, 0.2) is 64.8 Å². The van der Waals surface area contributed by atoms with E-state index in [-0.39, 0.29) is 5.82 Å². The zero-order chi connectivity index (χ0) is 12.8. The molecule has 0 aromatic heterocycles. The number of azo groups is 1. The van der Waals surface area contributed by atoms with E-state index in [9.17, 15) is 4.39 Å². The molecular formula is C14H12ClFN2. The van der Waals surface area contributed by atoms with Crippen LogP contribution in [0, 0.1) is 5.82 Å². The highest BCUT2D eigenvalue weighted by atomic mass is 35.5. The van der Waals surface area contributed by atoms with E-state index in [2.05, 4.69) is 10.2 Å². The maximum atomic E-state index is 12.7.